The highest BCUT2D eigenvalue weighted by Gasteiger charge is 2.08. The number of carbonyl (C=O) groups is 1. The Morgan fingerprint density at radius 1 is 1.00 bits per heavy atom. The summed E-state index contributed by atoms with van der Waals surface area (Å²) in [6, 6.07) is 25.8. The van der Waals surface area contributed by atoms with Crippen molar-refractivity contribution in [2.45, 2.75) is 13.5 Å². The van der Waals surface area contributed by atoms with E-state index in [-0.39, 0.29) is 12.5 Å². The van der Waals surface area contributed by atoms with E-state index in [4.69, 9.17) is 4.74 Å². The molecule has 30 heavy (non-hydrogen) atoms. The summed E-state index contributed by atoms with van der Waals surface area (Å²) in [5, 5.41) is 5.21. The Labute approximate surface area is 175 Å². The maximum absolute atomic E-state index is 12.0. The molecule has 0 aliphatic heterocycles. The van der Waals surface area contributed by atoms with Crippen LogP contribution >= 0.6 is 0 Å². The number of hydrazone groups is 1. The molecule has 0 bridgehead atoms. The lowest BCUT2D eigenvalue weighted by Gasteiger charge is -2.08. The average molecular weight is 397 g/mol. The van der Waals surface area contributed by atoms with Crippen molar-refractivity contribution in [2.24, 2.45) is 5.10 Å². The molecule has 1 amide bonds. The first-order chi connectivity index (χ1) is 14.7. The monoisotopic (exact) mass is 397 g/mol. The zero-order valence-corrected chi connectivity index (χ0v) is 16.8. The SMILES string of the molecule is Cc1ccccc1Cn1cc(/C=N\NC(=O)COc2ccccc2)c2ccccc21. The van der Waals surface area contributed by atoms with Gasteiger partial charge in [0.1, 0.15) is 5.75 Å². The quantitative estimate of drug-likeness (QED) is 0.368. The third-order valence-electron chi connectivity index (χ3n) is 4.93. The van der Waals surface area contributed by atoms with Crippen LogP contribution < -0.4 is 10.2 Å². The lowest BCUT2D eigenvalue weighted by atomic mass is 10.1. The van der Waals surface area contributed by atoms with Crippen LogP contribution in [-0.2, 0) is 11.3 Å². The standard InChI is InChI=1S/C25H23N3O2/c1-19-9-5-6-10-20(19)16-28-17-21(23-13-7-8-14-24(23)28)15-26-27-25(29)18-30-22-11-3-2-4-12-22/h2-15,17H,16,18H2,1H3,(H,27,29)/b26-15-. The fourth-order valence-electron chi connectivity index (χ4n) is 3.35. The van der Waals surface area contributed by atoms with E-state index in [1.807, 2.05) is 30.3 Å². The minimum absolute atomic E-state index is 0.0869. The van der Waals surface area contributed by atoms with Gasteiger partial charge in [-0.2, -0.15) is 5.10 Å². The molecule has 0 saturated carbocycles. The van der Waals surface area contributed by atoms with Crippen molar-refractivity contribution in [3.63, 3.8) is 0 Å². The van der Waals surface area contributed by atoms with Crippen LogP contribution in [0, 0.1) is 6.92 Å². The number of fused-ring (bicyclic) bond motifs is 1. The lowest BCUT2D eigenvalue weighted by Crippen LogP contribution is -2.24. The molecule has 5 nitrogen and oxygen atoms in total. The Morgan fingerprint density at radius 2 is 1.73 bits per heavy atom. The molecular formula is C25H23N3O2. The molecule has 0 atom stereocenters. The summed E-state index contributed by atoms with van der Waals surface area (Å²) in [5.74, 6) is 0.342. The summed E-state index contributed by atoms with van der Waals surface area (Å²) < 4.78 is 7.64. The largest absolute Gasteiger partial charge is 0.484 e. The number of para-hydroxylation sites is 2. The number of aromatic nitrogens is 1. The van der Waals surface area contributed by atoms with E-state index in [9.17, 15) is 4.79 Å². The number of ether oxygens (including phenoxy) is 1. The van der Waals surface area contributed by atoms with Crippen LogP contribution in [0.5, 0.6) is 5.75 Å². The van der Waals surface area contributed by atoms with E-state index in [1.54, 1.807) is 18.3 Å². The molecule has 0 aliphatic rings. The average Bonchev–Trinajstić information content (AvgIpc) is 3.12. The summed E-state index contributed by atoms with van der Waals surface area (Å²) in [5.41, 5.74) is 7.14. The van der Waals surface area contributed by atoms with Crippen LogP contribution in [0.1, 0.15) is 16.7 Å². The molecule has 0 fully saturated rings. The lowest BCUT2D eigenvalue weighted by molar-refractivity contribution is -0.123. The summed E-state index contributed by atoms with van der Waals surface area (Å²) in [7, 11) is 0. The van der Waals surface area contributed by atoms with Gasteiger partial charge in [0.05, 0.1) is 6.21 Å². The normalized spacial score (nSPS) is 11.1. The Hall–Kier alpha value is -3.86. The van der Waals surface area contributed by atoms with Crippen molar-refractivity contribution < 1.29 is 9.53 Å². The number of hydrogen-bond donors (Lipinski definition) is 1. The van der Waals surface area contributed by atoms with Crippen molar-refractivity contribution in [1.29, 1.82) is 0 Å². The van der Waals surface area contributed by atoms with Crippen LogP contribution in [0.15, 0.2) is 90.2 Å². The maximum atomic E-state index is 12.0. The summed E-state index contributed by atoms with van der Waals surface area (Å²) in [6.45, 7) is 2.81. The summed E-state index contributed by atoms with van der Waals surface area (Å²) >= 11 is 0. The van der Waals surface area contributed by atoms with Gasteiger partial charge in [-0.3, -0.25) is 4.79 Å². The Bertz CT molecular complexity index is 1180. The topological polar surface area (TPSA) is 55.6 Å². The van der Waals surface area contributed by atoms with Gasteiger partial charge < -0.3 is 9.30 Å². The van der Waals surface area contributed by atoms with Gasteiger partial charge in [0, 0.05) is 29.2 Å². The second kappa shape index (κ2) is 9.09. The van der Waals surface area contributed by atoms with Gasteiger partial charge in [-0.1, -0.05) is 60.7 Å². The maximum Gasteiger partial charge on any atom is 0.277 e. The van der Waals surface area contributed by atoms with Crippen LogP contribution in [0.3, 0.4) is 0 Å². The highest BCUT2D eigenvalue weighted by molar-refractivity contribution is 5.99. The third-order valence-corrected chi connectivity index (χ3v) is 4.93. The van der Waals surface area contributed by atoms with E-state index in [0.29, 0.717) is 5.75 Å². The molecular weight excluding hydrogens is 374 g/mol. The van der Waals surface area contributed by atoms with E-state index in [2.05, 4.69) is 64.6 Å². The van der Waals surface area contributed by atoms with Gasteiger partial charge in [0.2, 0.25) is 0 Å². The van der Waals surface area contributed by atoms with Gasteiger partial charge in [0.15, 0.2) is 6.61 Å². The molecule has 0 unspecified atom stereocenters. The van der Waals surface area contributed by atoms with Gasteiger partial charge in [-0.25, -0.2) is 5.43 Å². The van der Waals surface area contributed by atoms with E-state index in [1.165, 1.54) is 11.1 Å². The molecule has 1 aromatic heterocycles. The number of aryl methyl sites for hydroxylation is 1. The molecule has 5 heteroatoms. The number of amides is 1. The predicted octanol–water partition coefficient (Wildman–Crippen LogP) is 4.53. The molecule has 0 aliphatic carbocycles. The van der Waals surface area contributed by atoms with E-state index < -0.39 is 0 Å². The number of nitrogens with zero attached hydrogens (tertiary/aromatic N) is 2. The van der Waals surface area contributed by atoms with Crippen LogP contribution in [0.2, 0.25) is 0 Å². The number of rotatable bonds is 7. The number of nitrogens with one attached hydrogen (secondary N) is 1. The zero-order valence-electron chi connectivity index (χ0n) is 16.8. The smallest absolute Gasteiger partial charge is 0.277 e. The second-order valence-corrected chi connectivity index (χ2v) is 7.05. The summed E-state index contributed by atoms with van der Waals surface area (Å²) in [4.78, 5) is 12.0. The minimum atomic E-state index is -0.307. The number of benzene rings is 3. The zero-order chi connectivity index (χ0) is 20.8. The first kappa shape index (κ1) is 19.5. The molecule has 1 N–H and O–H groups in total. The fraction of sp³-hybridized carbons (Fsp3) is 0.120. The third kappa shape index (κ3) is 4.58. The Balaban J connectivity index is 1.46. The van der Waals surface area contributed by atoms with Crippen molar-refractivity contribution in [3.8, 4) is 5.75 Å². The fourth-order valence-corrected chi connectivity index (χ4v) is 3.35. The summed E-state index contributed by atoms with van der Waals surface area (Å²) in [6.07, 6.45) is 3.74. The molecule has 0 spiro atoms. The molecule has 0 saturated heterocycles. The van der Waals surface area contributed by atoms with Crippen molar-refractivity contribution in [3.05, 3.63) is 102 Å². The number of carbonyl (C=O) groups excluding carboxylic acids is 1. The first-order valence-corrected chi connectivity index (χ1v) is 9.83. The highest BCUT2D eigenvalue weighted by atomic mass is 16.5. The molecule has 3 aromatic carbocycles. The predicted molar refractivity (Wildman–Crippen MR) is 120 cm³/mol. The van der Waals surface area contributed by atoms with Crippen molar-refractivity contribution >= 4 is 23.0 Å². The molecule has 4 aromatic rings. The van der Waals surface area contributed by atoms with Crippen molar-refractivity contribution in [2.75, 3.05) is 6.61 Å². The van der Waals surface area contributed by atoms with Crippen molar-refractivity contribution in [1.82, 2.24) is 9.99 Å². The highest BCUT2D eigenvalue weighted by Crippen LogP contribution is 2.22. The van der Waals surface area contributed by atoms with Gasteiger partial charge in [0.25, 0.3) is 5.91 Å². The Morgan fingerprint density at radius 3 is 2.57 bits per heavy atom. The van der Waals surface area contributed by atoms with Gasteiger partial charge >= 0.3 is 0 Å². The second-order valence-electron chi connectivity index (χ2n) is 7.05. The van der Waals surface area contributed by atoms with Crippen LogP contribution in [0.4, 0.5) is 0 Å². The van der Waals surface area contributed by atoms with Crippen LogP contribution in [-0.4, -0.2) is 23.3 Å². The van der Waals surface area contributed by atoms with Gasteiger partial charge in [-0.15, -0.1) is 0 Å². The molecule has 150 valence electrons. The molecule has 0 radical (unpaired) electrons. The Kier molecular flexibility index (Phi) is 5.90. The van der Waals surface area contributed by atoms with E-state index >= 15 is 0 Å². The first-order valence-electron chi connectivity index (χ1n) is 9.83. The minimum Gasteiger partial charge on any atom is -0.484 e. The van der Waals surface area contributed by atoms with E-state index in [0.717, 1.165) is 23.0 Å². The van der Waals surface area contributed by atoms with Gasteiger partial charge in [-0.05, 0) is 36.2 Å². The van der Waals surface area contributed by atoms with Crippen LogP contribution in [0.25, 0.3) is 10.9 Å². The molecule has 1 heterocycles. The number of hydrogen-bond acceptors (Lipinski definition) is 3. The molecule has 4 rings (SSSR count).